The number of nitrogens with one attached hydrogen (secondary N) is 1. The summed E-state index contributed by atoms with van der Waals surface area (Å²) < 4.78 is 1.17. The number of halogens is 1. The first-order valence-electron chi connectivity index (χ1n) is 6.98. The fraction of sp³-hybridized carbons (Fsp3) is 0.600. The lowest BCUT2D eigenvalue weighted by Gasteiger charge is -2.28. The Labute approximate surface area is 118 Å². The molecule has 2 aliphatic heterocycles. The standard InChI is InChI=1S/C15H21BrN2/c1-2-15(11-3-5-14(16)6-4-11)18-9-12-7-17-8-13(12)10-18/h3-6,12-13,15,17H,2,7-10H2,1H3/t12-,13+,15?. The predicted molar refractivity (Wildman–Crippen MR) is 78.6 cm³/mol. The van der Waals surface area contributed by atoms with E-state index in [0.717, 1.165) is 11.8 Å². The molecule has 1 unspecified atom stereocenters. The maximum Gasteiger partial charge on any atom is 0.0345 e. The molecule has 2 heterocycles. The number of hydrogen-bond donors (Lipinski definition) is 1. The number of rotatable bonds is 3. The van der Waals surface area contributed by atoms with Crippen molar-refractivity contribution < 1.29 is 0 Å². The summed E-state index contributed by atoms with van der Waals surface area (Å²) in [4.78, 5) is 2.69. The van der Waals surface area contributed by atoms with Gasteiger partial charge in [0.1, 0.15) is 0 Å². The van der Waals surface area contributed by atoms with E-state index in [-0.39, 0.29) is 0 Å². The monoisotopic (exact) mass is 308 g/mol. The lowest BCUT2D eigenvalue weighted by atomic mass is 10.0. The molecule has 3 rings (SSSR count). The quantitative estimate of drug-likeness (QED) is 0.923. The average Bonchev–Trinajstić information content (AvgIpc) is 2.93. The zero-order chi connectivity index (χ0) is 12.5. The fourth-order valence-electron chi connectivity index (χ4n) is 3.54. The highest BCUT2D eigenvalue weighted by Crippen LogP contribution is 2.34. The molecule has 0 aliphatic carbocycles. The molecule has 2 aliphatic rings. The zero-order valence-electron chi connectivity index (χ0n) is 10.9. The second-order valence-corrected chi connectivity index (χ2v) is 6.52. The molecule has 1 N–H and O–H groups in total. The van der Waals surface area contributed by atoms with Gasteiger partial charge >= 0.3 is 0 Å². The molecule has 2 fully saturated rings. The van der Waals surface area contributed by atoms with Gasteiger partial charge in [-0.1, -0.05) is 35.0 Å². The van der Waals surface area contributed by atoms with Crippen LogP contribution in [0.5, 0.6) is 0 Å². The van der Waals surface area contributed by atoms with Gasteiger partial charge in [0.25, 0.3) is 0 Å². The first-order chi connectivity index (χ1) is 8.78. The Morgan fingerprint density at radius 3 is 2.39 bits per heavy atom. The van der Waals surface area contributed by atoms with Gasteiger partial charge in [0.15, 0.2) is 0 Å². The summed E-state index contributed by atoms with van der Waals surface area (Å²) in [5.74, 6) is 1.77. The van der Waals surface area contributed by atoms with Gasteiger partial charge in [-0.05, 0) is 49.0 Å². The number of nitrogens with zero attached hydrogens (tertiary/aromatic N) is 1. The van der Waals surface area contributed by atoms with Crippen LogP contribution in [0.25, 0.3) is 0 Å². The summed E-state index contributed by atoms with van der Waals surface area (Å²) in [6.45, 7) is 7.29. The number of likely N-dealkylation sites (tertiary alicyclic amines) is 1. The molecular weight excluding hydrogens is 288 g/mol. The first kappa shape index (κ1) is 12.6. The molecule has 0 saturated carbocycles. The zero-order valence-corrected chi connectivity index (χ0v) is 12.5. The Morgan fingerprint density at radius 1 is 1.22 bits per heavy atom. The smallest absolute Gasteiger partial charge is 0.0345 e. The van der Waals surface area contributed by atoms with E-state index < -0.39 is 0 Å². The number of hydrogen-bond acceptors (Lipinski definition) is 2. The Hall–Kier alpha value is -0.380. The van der Waals surface area contributed by atoms with Crippen molar-refractivity contribution in [1.82, 2.24) is 10.2 Å². The first-order valence-corrected chi connectivity index (χ1v) is 7.77. The highest BCUT2D eigenvalue weighted by molar-refractivity contribution is 9.10. The van der Waals surface area contributed by atoms with Gasteiger partial charge in [0, 0.05) is 23.6 Å². The van der Waals surface area contributed by atoms with Gasteiger partial charge < -0.3 is 5.32 Å². The Kier molecular flexibility index (Phi) is 3.73. The molecule has 0 aromatic heterocycles. The van der Waals surface area contributed by atoms with Gasteiger partial charge in [-0.2, -0.15) is 0 Å². The van der Waals surface area contributed by atoms with E-state index in [0.29, 0.717) is 6.04 Å². The van der Waals surface area contributed by atoms with Crippen molar-refractivity contribution in [1.29, 1.82) is 0 Å². The number of benzene rings is 1. The molecule has 0 radical (unpaired) electrons. The lowest BCUT2D eigenvalue weighted by molar-refractivity contribution is 0.222. The Morgan fingerprint density at radius 2 is 1.83 bits per heavy atom. The van der Waals surface area contributed by atoms with Crippen molar-refractivity contribution in [2.45, 2.75) is 19.4 Å². The van der Waals surface area contributed by atoms with Crippen LogP contribution in [-0.2, 0) is 0 Å². The topological polar surface area (TPSA) is 15.3 Å². The molecule has 1 aromatic carbocycles. The maximum absolute atomic E-state index is 3.52. The summed E-state index contributed by atoms with van der Waals surface area (Å²) in [5, 5.41) is 3.52. The minimum atomic E-state index is 0.601. The third-order valence-electron chi connectivity index (χ3n) is 4.50. The van der Waals surface area contributed by atoms with Crippen LogP contribution in [0.4, 0.5) is 0 Å². The molecular formula is C15H21BrN2. The van der Waals surface area contributed by atoms with E-state index in [1.807, 2.05) is 0 Å². The molecule has 2 nitrogen and oxygen atoms in total. The van der Waals surface area contributed by atoms with E-state index in [9.17, 15) is 0 Å². The molecule has 3 atom stereocenters. The van der Waals surface area contributed by atoms with Crippen LogP contribution in [0.2, 0.25) is 0 Å². The molecule has 18 heavy (non-hydrogen) atoms. The van der Waals surface area contributed by atoms with E-state index in [1.54, 1.807) is 0 Å². The molecule has 0 amide bonds. The van der Waals surface area contributed by atoms with Gasteiger partial charge in [0.2, 0.25) is 0 Å². The second-order valence-electron chi connectivity index (χ2n) is 5.61. The van der Waals surface area contributed by atoms with Gasteiger partial charge in [-0.25, -0.2) is 0 Å². The van der Waals surface area contributed by atoms with Crippen LogP contribution in [0.3, 0.4) is 0 Å². The molecule has 98 valence electrons. The highest BCUT2D eigenvalue weighted by atomic mass is 79.9. The minimum Gasteiger partial charge on any atom is -0.316 e. The van der Waals surface area contributed by atoms with E-state index >= 15 is 0 Å². The third-order valence-corrected chi connectivity index (χ3v) is 5.03. The molecule has 1 aromatic rings. The van der Waals surface area contributed by atoms with Gasteiger partial charge in [-0.3, -0.25) is 4.90 Å². The highest BCUT2D eigenvalue weighted by Gasteiger charge is 2.38. The molecule has 0 spiro atoms. The predicted octanol–water partition coefficient (Wildman–Crippen LogP) is 3.05. The van der Waals surface area contributed by atoms with Crippen molar-refractivity contribution >= 4 is 15.9 Å². The van der Waals surface area contributed by atoms with Crippen LogP contribution < -0.4 is 5.32 Å². The second kappa shape index (κ2) is 5.32. The average molecular weight is 309 g/mol. The van der Waals surface area contributed by atoms with Crippen molar-refractivity contribution in [2.75, 3.05) is 26.2 Å². The van der Waals surface area contributed by atoms with Crippen LogP contribution in [-0.4, -0.2) is 31.1 Å². The normalized spacial score (nSPS) is 29.4. The third kappa shape index (κ3) is 2.36. The molecule has 2 saturated heterocycles. The van der Waals surface area contributed by atoms with Crippen LogP contribution in [0.1, 0.15) is 24.9 Å². The Balaban J connectivity index is 1.75. The van der Waals surface area contributed by atoms with Crippen molar-refractivity contribution in [2.24, 2.45) is 11.8 Å². The largest absolute Gasteiger partial charge is 0.316 e. The summed E-state index contributed by atoms with van der Waals surface area (Å²) in [7, 11) is 0. The van der Waals surface area contributed by atoms with Crippen LogP contribution in [0, 0.1) is 11.8 Å². The van der Waals surface area contributed by atoms with Gasteiger partial charge in [0.05, 0.1) is 0 Å². The lowest BCUT2D eigenvalue weighted by Crippen LogP contribution is -2.29. The number of fused-ring (bicyclic) bond motifs is 1. The van der Waals surface area contributed by atoms with E-state index in [1.165, 1.54) is 42.6 Å². The summed E-state index contributed by atoms with van der Waals surface area (Å²) in [5.41, 5.74) is 1.47. The molecule has 0 bridgehead atoms. The minimum absolute atomic E-state index is 0.601. The maximum atomic E-state index is 3.52. The van der Waals surface area contributed by atoms with Crippen LogP contribution in [0.15, 0.2) is 28.7 Å². The van der Waals surface area contributed by atoms with Crippen LogP contribution >= 0.6 is 15.9 Å². The van der Waals surface area contributed by atoms with E-state index in [2.05, 4.69) is 57.3 Å². The van der Waals surface area contributed by atoms with Crippen molar-refractivity contribution in [3.05, 3.63) is 34.3 Å². The Bertz CT molecular complexity index is 391. The summed E-state index contributed by atoms with van der Waals surface area (Å²) in [6.07, 6.45) is 1.20. The summed E-state index contributed by atoms with van der Waals surface area (Å²) >= 11 is 3.52. The SMILES string of the molecule is CCC(c1ccc(Br)cc1)N1C[C@H]2CNC[C@H]2C1. The fourth-order valence-corrected chi connectivity index (χ4v) is 3.80. The van der Waals surface area contributed by atoms with Gasteiger partial charge in [-0.15, -0.1) is 0 Å². The van der Waals surface area contributed by atoms with Crippen molar-refractivity contribution in [3.63, 3.8) is 0 Å². The summed E-state index contributed by atoms with van der Waals surface area (Å²) in [6, 6.07) is 9.46. The van der Waals surface area contributed by atoms with Crippen molar-refractivity contribution in [3.8, 4) is 0 Å². The molecule has 3 heteroatoms. The van der Waals surface area contributed by atoms with E-state index in [4.69, 9.17) is 0 Å².